The normalized spacial score (nSPS) is 24.6. The average molecular weight is 311 g/mol. The third-order valence-corrected chi connectivity index (χ3v) is 5.84. The van der Waals surface area contributed by atoms with Crippen molar-refractivity contribution < 1.29 is 13.2 Å². The lowest BCUT2D eigenvalue weighted by Crippen LogP contribution is -2.33. The molecule has 1 saturated carbocycles. The number of aryl methyl sites for hydroxylation is 1. The van der Waals surface area contributed by atoms with Crippen LogP contribution in [0.15, 0.2) is 18.2 Å². The van der Waals surface area contributed by atoms with Gasteiger partial charge in [-0.3, -0.25) is 0 Å². The number of nitrogens with two attached hydrogens (primary N) is 1. The zero-order valence-corrected chi connectivity index (χ0v) is 13.8. The highest BCUT2D eigenvalue weighted by atomic mass is 32.2. The smallest absolute Gasteiger partial charge is 0.150 e. The van der Waals surface area contributed by atoms with E-state index in [1.165, 1.54) is 6.26 Å². The molecule has 2 N–H and O–H groups in total. The zero-order chi connectivity index (χ0) is 15.6. The molecule has 3 atom stereocenters. The molecule has 0 aliphatic heterocycles. The van der Waals surface area contributed by atoms with Crippen LogP contribution in [0.2, 0.25) is 0 Å². The Morgan fingerprint density at radius 3 is 2.62 bits per heavy atom. The molecular weight excluding hydrogens is 286 g/mol. The van der Waals surface area contributed by atoms with E-state index >= 15 is 0 Å². The summed E-state index contributed by atoms with van der Waals surface area (Å²) in [6, 6.07) is 5.96. The predicted octanol–water partition coefficient (Wildman–Crippen LogP) is 2.75. The summed E-state index contributed by atoms with van der Waals surface area (Å²) < 4.78 is 29.4. The summed E-state index contributed by atoms with van der Waals surface area (Å²) in [6.45, 7) is 3.95. The van der Waals surface area contributed by atoms with Crippen molar-refractivity contribution in [2.24, 2.45) is 5.73 Å². The minimum atomic E-state index is -2.98. The Bertz CT molecular complexity index is 596. The van der Waals surface area contributed by atoms with Gasteiger partial charge in [-0.1, -0.05) is 12.1 Å². The summed E-state index contributed by atoms with van der Waals surface area (Å²) in [7, 11) is -2.98. The second-order valence-corrected chi connectivity index (χ2v) is 8.50. The fraction of sp³-hybridized carbons (Fsp3) is 0.625. The summed E-state index contributed by atoms with van der Waals surface area (Å²) in [5.41, 5.74) is 8.00. The maximum atomic E-state index is 11.7. The largest absolute Gasteiger partial charge is 0.490 e. The van der Waals surface area contributed by atoms with Crippen molar-refractivity contribution >= 4 is 9.84 Å². The molecule has 21 heavy (non-hydrogen) atoms. The Kier molecular flexibility index (Phi) is 4.94. The van der Waals surface area contributed by atoms with E-state index in [0.29, 0.717) is 6.42 Å². The number of rotatable bonds is 4. The molecule has 4 nitrogen and oxygen atoms in total. The highest BCUT2D eigenvalue weighted by molar-refractivity contribution is 7.91. The lowest BCUT2D eigenvalue weighted by molar-refractivity contribution is 0.155. The van der Waals surface area contributed by atoms with Crippen molar-refractivity contribution in [2.75, 3.05) is 6.26 Å². The van der Waals surface area contributed by atoms with E-state index in [9.17, 15) is 8.42 Å². The minimum Gasteiger partial charge on any atom is -0.490 e. The monoisotopic (exact) mass is 311 g/mol. The van der Waals surface area contributed by atoms with Gasteiger partial charge in [0.25, 0.3) is 0 Å². The molecule has 1 fully saturated rings. The summed E-state index contributed by atoms with van der Waals surface area (Å²) in [6.07, 6.45) is 4.47. The third kappa shape index (κ3) is 4.20. The van der Waals surface area contributed by atoms with Crippen LogP contribution in [0.5, 0.6) is 5.75 Å². The van der Waals surface area contributed by atoms with E-state index in [1.54, 1.807) is 0 Å². The predicted molar refractivity (Wildman–Crippen MR) is 85.3 cm³/mol. The first-order valence-corrected chi connectivity index (χ1v) is 9.44. The first-order valence-electron chi connectivity index (χ1n) is 7.49. The SMILES string of the molecule is Cc1cc([C@H](C)N)ccc1OC1CCCC(S(C)(=O)=O)C1. The molecule has 0 bridgehead atoms. The van der Waals surface area contributed by atoms with Crippen LogP contribution in [0.25, 0.3) is 0 Å². The van der Waals surface area contributed by atoms with Gasteiger partial charge < -0.3 is 10.5 Å². The van der Waals surface area contributed by atoms with Gasteiger partial charge in [0.05, 0.1) is 11.4 Å². The van der Waals surface area contributed by atoms with Crippen molar-refractivity contribution in [3.8, 4) is 5.75 Å². The van der Waals surface area contributed by atoms with Crippen molar-refractivity contribution in [3.05, 3.63) is 29.3 Å². The third-order valence-electron chi connectivity index (χ3n) is 4.20. The van der Waals surface area contributed by atoms with Crippen LogP contribution in [-0.2, 0) is 9.84 Å². The minimum absolute atomic E-state index is 0.00189. The molecule has 118 valence electrons. The molecule has 2 unspecified atom stereocenters. The van der Waals surface area contributed by atoms with Gasteiger partial charge in [-0.25, -0.2) is 8.42 Å². The van der Waals surface area contributed by atoms with Gasteiger partial charge in [0, 0.05) is 18.7 Å². The van der Waals surface area contributed by atoms with E-state index in [1.807, 2.05) is 32.0 Å². The van der Waals surface area contributed by atoms with Gasteiger partial charge in [0.2, 0.25) is 0 Å². The molecule has 1 aromatic rings. The average Bonchev–Trinajstić information content (AvgIpc) is 2.40. The highest BCUT2D eigenvalue weighted by Crippen LogP contribution is 2.29. The summed E-state index contributed by atoms with van der Waals surface area (Å²) in [5.74, 6) is 0.832. The molecule has 2 rings (SSSR count). The lowest BCUT2D eigenvalue weighted by atomic mass is 9.97. The van der Waals surface area contributed by atoms with Gasteiger partial charge in [-0.15, -0.1) is 0 Å². The van der Waals surface area contributed by atoms with Crippen molar-refractivity contribution in [3.63, 3.8) is 0 Å². The van der Waals surface area contributed by atoms with Gasteiger partial charge in [-0.05, 0) is 50.3 Å². The standard InChI is InChI=1S/C16H25NO3S/c1-11-9-13(12(2)17)7-8-16(11)20-14-5-4-6-15(10-14)21(3,18)19/h7-9,12,14-15H,4-6,10,17H2,1-3H3/t12-,14?,15?/m0/s1. The van der Waals surface area contributed by atoms with Crippen LogP contribution >= 0.6 is 0 Å². The summed E-state index contributed by atoms with van der Waals surface area (Å²) in [4.78, 5) is 0. The molecule has 5 heteroatoms. The molecule has 0 amide bonds. The maximum absolute atomic E-state index is 11.7. The van der Waals surface area contributed by atoms with Gasteiger partial charge in [0.1, 0.15) is 15.6 Å². The number of benzene rings is 1. The van der Waals surface area contributed by atoms with Gasteiger partial charge in [0.15, 0.2) is 0 Å². The van der Waals surface area contributed by atoms with Crippen LogP contribution in [0.4, 0.5) is 0 Å². The second-order valence-electron chi connectivity index (χ2n) is 6.17. The molecule has 1 aromatic carbocycles. The highest BCUT2D eigenvalue weighted by Gasteiger charge is 2.30. The van der Waals surface area contributed by atoms with Crippen molar-refractivity contribution in [2.45, 2.75) is 56.9 Å². The first-order chi connectivity index (χ1) is 9.77. The Balaban J connectivity index is 2.08. The fourth-order valence-electron chi connectivity index (χ4n) is 2.87. The van der Waals surface area contributed by atoms with E-state index in [0.717, 1.165) is 36.1 Å². The number of hydrogen-bond donors (Lipinski definition) is 1. The summed E-state index contributed by atoms with van der Waals surface area (Å²) >= 11 is 0. The fourth-order valence-corrected chi connectivity index (χ4v) is 4.02. The first kappa shape index (κ1) is 16.3. The van der Waals surface area contributed by atoms with Crippen LogP contribution in [0.1, 0.15) is 49.8 Å². The van der Waals surface area contributed by atoms with Crippen LogP contribution in [0.3, 0.4) is 0 Å². The Labute approximate surface area is 127 Å². The van der Waals surface area contributed by atoms with E-state index < -0.39 is 9.84 Å². The topological polar surface area (TPSA) is 69.4 Å². The Morgan fingerprint density at radius 1 is 1.33 bits per heavy atom. The number of sulfone groups is 1. The quantitative estimate of drug-likeness (QED) is 0.928. The molecule has 1 aliphatic rings. The van der Waals surface area contributed by atoms with E-state index in [4.69, 9.17) is 10.5 Å². The Morgan fingerprint density at radius 2 is 2.05 bits per heavy atom. The molecule has 0 saturated heterocycles. The maximum Gasteiger partial charge on any atom is 0.150 e. The van der Waals surface area contributed by atoms with Crippen LogP contribution < -0.4 is 10.5 Å². The van der Waals surface area contributed by atoms with Crippen molar-refractivity contribution in [1.82, 2.24) is 0 Å². The van der Waals surface area contributed by atoms with Gasteiger partial charge in [-0.2, -0.15) is 0 Å². The molecule has 0 radical (unpaired) electrons. The van der Waals surface area contributed by atoms with E-state index in [2.05, 4.69) is 0 Å². The second kappa shape index (κ2) is 6.36. The van der Waals surface area contributed by atoms with E-state index in [-0.39, 0.29) is 17.4 Å². The van der Waals surface area contributed by atoms with Crippen LogP contribution in [-0.4, -0.2) is 26.0 Å². The lowest BCUT2D eigenvalue weighted by Gasteiger charge is -2.29. The molecule has 0 heterocycles. The molecule has 0 aromatic heterocycles. The molecule has 1 aliphatic carbocycles. The number of hydrogen-bond acceptors (Lipinski definition) is 4. The van der Waals surface area contributed by atoms with Crippen LogP contribution in [0, 0.1) is 6.92 Å². The molecular formula is C16H25NO3S. The van der Waals surface area contributed by atoms with Crippen molar-refractivity contribution in [1.29, 1.82) is 0 Å². The summed E-state index contributed by atoms with van der Waals surface area (Å²) in [5, 5.41) is -0.264. The Hall–Kier alpha value is -1.07. The molecule has 0 spiro atoms. The zero-order valence-electron chi connectivity index (χ0n) is 13.0. The number of ether oxygens (including phenoxy) is 1. The van der Waals surface area contributed by atoms with Gasteiger partial charge >= 0.3 is 0 Å².